The van der Waals surface area contributed by atoms with E-state index in [1.54, 1.807) is 18.2 Å². The molecule has 0 aliphatic rings. The van der Waals surface area contributed by atoms with Crippen molar-refractivity contribution in [2.24, 2.45) is 0 Å². The van der Waals surface area contributed by atoms with Crippen molar-refractivity contribution in [2.45, 2.75) is 12.5 Å². The quantitative estimate of drug-likeness (QED) is 0.739. The molecule has 0 aliphatic heterocycles. The van der Waals surface area contributed by atoms with E-state index in [0.717, 1.165) is 12.0 Å². The Morgan fingerprint density at radius 1 is 1.05 bits per heavy atom. The van der Waals surface area contributed by atoms with Crippen molar-refractivity contribution in [3.05, 3.63) is 69.7 Å². The molecule has 0 heterocycles. The molecule has 1 unspecified atom stereocenters. The molecule has 110 valence electrons. The van der Waals surface area contributed by atoms with E-state index in [-0.39, 0.29) is 11.9 Å². The number of alkyl halides is 1. The number of amides is 1. The van der Waals surface area contributed by atoms with E-state index < -0.39 is 0 Å². The van der Waals surface area contributed by atoms with Gasteiger partial charge in [-0.2, -0.15) is 0 Å². The van der Waals surface area contributed by atoms with Crippen LogP contribution < -0.4 is 5.32 Å². The minimum Gasteiger partial charge on any atom is -0.348 e. The number of carbonyl (C=O) groups excluding carboxylic acids is 1. The lowest BCUT2D eigenvalue weighted by Gasteiger charge is -2.17. The van der Waals surface area contributed by atoms with Crippen molar-refractivity contribution in [2.75, 3.05) is 5.33 Å². The third kappa shape index (κ3) is 4.47. The topological polar surface area (TPSA) is 29.1 Å². The highest BCUT2D eigenvalue weighted by Gasteiger charge is 2.18. The molecule has 0 radical (unpaired) electrons. The van der Waals surface area contributed by atoms with Gasteiger partial charge in [0.1, 0.15) is 0 Å². The molecule has 0 spiro atoms. The molecule has 0 aromatic heterocycles. The van der Waals surface area contributed by atoms with E-state index in [1.807, 2.05) is 30.3 Å². The third-order valence-electron chi connectivity index (χ3n) is 3.04. The summed E-state index contributed by atoms with van der Waals surface area (Å²) in [7, 11) is 0. The Morgan fingerprint density at radius 2 is 1.67 bits per heavy atom. The van der Waals surface area contributed by atoms with Gasteiger partial charge in [-0.15, -0.1) is 0 Å². The average Bonchev–Trinajstić information content (AvgIpc) is 2.47. The normalized spacial score (nSPS) is 12.0. The van der Waals surface area contributed by atoms with E-state index in [2.05, 4.69) is 21.2 Å². The van der Waals surface area contributed by atoms with Gasteiger partial charge in [0.25, 0.3) is 5.91 Å². The van der Waals surface area contributed by atoms with Gasteiger partial charge in [0.05, 0.1) is 15.6 Å². The van der Waals surface area contributed by atoms with Crippen LogP contribution in [0.4, 0.5) is 0 Å². The van der Waals surface area contributed by atoms with Gasteiger partial charge in [-0.25, -0.2) is 0 Å². The van der Waals surface area contributed by atoms with Crippen molar-refractivity contribution < 1.29 is 4.79 Å². The molecular weight excluding hydrogens is 373 g/mol. The Hall–Kier alpha value is -1.03. The van der Waals surface area contributed by atoms with E-state index >= 15 is 0 Å². The Morgan fingerprint density at radius 3 is 2.24 bits per heavy atom. The molecule has 1 amide bonds. The zero-order valence-electron chi connectivity index (χ0n) is 11.2. The average molecular weight is 387 g/mol. The molecule has 2 nitrogen and oxygen atoms in total. The van der Waals surface area contributed by atoms with Gasteiger partial charge in [-0.3, -0.25) is 4.79 Å². The monoisotopic (exact) mass is 385 g/mol. The molecule has 0 saturated heterocycles. The SMILES string of the molecule is O=C(NC(CBr)Cc1ccccc1)c1c(Cl)cccc1Cl. The first kappa shape index (κ1) is 16.3. The molecular formula is C16H14BrCl2NO. The molecule has 0 aliphatic carbocycles. The van der Waals surface area contributed by atoms with E-state index in [1.165, 1.54) is 0 Å². The Bertz CT molecular complexity index is 599. The summed E-state index contributed by atoms with van der Waals surface area (Å²) in [5.41, 5.74) is 1.48. The lowest BCUT2D eigenvalue weighted by atomic mass is 10.1. The first-order chi connectivity index (χ1) is 10.1. The van der Waals surface area contributed by atoms with Gasteiger partial charge in [-0.1, -0.05) is 75.5 Å². The highest BCUT2D eigenvalue weighted by Crippen LogP contribution is 2.24. The summed E-state index contributed by atoms with van der Waals surface area (Å²) >= 11 is 15.5. The lowest BCUT2D eigenvalue weighted by Crippen LogP contribution is -2.38. The molecule has 0 saturated carbocycles. The highest BCUT2D eigenvalue weighted by molar-refractivity contribution is 9.09. The zero-order valence-corrected chi connectivity index (χ0v) is 14.3. The fourth-order valence-electron chi connectivity index (χ4n) is 2.02. The molecule has 0 bridgehead atoms. The van der Waals surface area contributed by atoms with Crippen LogP contribution in [-0.2, 0) is 6.42 Å². The predicted molar refractivity (Wildman–Crippen MR) is 91.7 cm³/mol. The molecule has 1 atom stereocenters. The van der Waals surface area contributed by atoms with Crippen LogP contribution in [-0.4, -0.2) is 17.3 Å². The Balaban J connectivity index is 2.10. The zero-order chi connectivity index (χ0) is 15.2. The van der Waals surface area contributed by atoms with E-state index in [9.17, 15) is 4.79 Å². The molecule has 21 heavy (non-hydrogen) atoms. The molecule has 2 aromatic carbocycles. The summed E-state index contributed by atoms with van der Waals surface area (Å²) in [6.45, 7) is 0. The number of benzene rings is 2. The molecule has 1 N–H and O–H groups in total. The van der Waals surface area contributed by atoms with Crippen molar-refractivity contribution in [1.82, 2.24) is 5.32 Å². The second-order valence-electron chi connectivity index (χ2n) is 4.61. The number of hydrogen-bond acceptors (Lipinski definition) is 1. The lowest BCUT2D eigenvalue weighted by molar-refractivity contribution is 0.0941. The summed E-state index contributed by atoms with van der Waals surface area (Å²) < 4.78 is 0. The van der Waals surface area contributed by atoms with Crippen molar-refractivity contribution in [3.63, 3.8) is 0 Å². The van der Waals surface area contributed by atoms with Gasteiger partial charge >= 0.3 is 0 Å². The van der Waals surface area contributed by atoms with E-state index in [4.69, 9.17) is 23.2 Å². The van der Waals surface area contributed by atoms with Crippen LogP contribution >= 0.6 is 39.1 Å². The summed E-state index contributed by atoms with van der Waals surface area (Å²) in [4.78, 5) is 12.3. The number of halogens is 3. The van der Waals surface area contributed by atoms with Crippen molar-refractivity contribution in [1.29, 1.82) is 0 Å². The number of hydrogen-bond donors (Lipinski definition) is 1. The summed E-state index contributed by atoms with van der Waals surface area (Å²) in [6.07, 6.45) is 0.736. The molecule has 2 aromatic rings. The van der Waals surface area contributed by atoms with Crippen LogP contribution in [0.3, 0.4) is 0 Å². The number of carbonyl (C=O) groups is 1. The minimum atomic E-state index is -0.258. The molecule has 2 rings (SSSR count). The van der Waals surface area contributed by atoms with Crippen LogP contribution in [0.15, 0.2) is 48.5 Å². The maximum atomic E-state index is 12.3. The van der Waals surface area contributed by atoms with Gasteiger partial charge in [0.2, 0.25) is 0 Å². The summed E-state index contributed by atoms with van der Waals surface area (Å²) in [5, 5.41) is 4.32. The van der Waals surface area contributed by atoms with Gasteiger partial charge < -0.3 is 5.32 Å². The Labute approximate surface area is 142 Å². The number of nitrogens with one attached hydrogen (secondary N) is 1. The van der Waals surface area contributed by atoms with Crippen LogP contribution in [0.5, 0.6) is 0 Å². The minimum absolute atomic E-state index is 0.0350. The second-order valence-corrected chi connectivity index (χ2v) is 6.07. The van der Waals surface area contributed by atoms with Crippen molar-refractivity contribution >= 4 is 45.0 Å². The predicted octanol–water partition coefficient (Wildman–Crippen LogP) is 4.73. The smallest absolute Gasteiger partial charge is 0.254 e. The van der Waals surface area contributed by atoms with Crippen LogP contribution in [0.25, 0.3) is 0 Å². The standard InChI is InChI=1S/C16H14BrCl2NO/c17-10-12(9-11-5-2-1-3-6-11)20-16(21)15-13(18)7-4-8-14(15)19/h1-8,12H,9-10H2,(H,20,21). The molecule has 5 heteroatoms. The second kappa shape index (κ2) is 7.83. The highest BCUT2D eigenvalue weighted by atomic mass is 79.9. The van der Waals surface area contributed by atoms with Crippen LogP contribution in [0, 0.1) is 0 Å². The van der Waals surface area contributed by atoms with Crippen LogP contribution in [0.2, 0.25) is 10.0 Å². The molecule has 0 fully saturated rings. The summed E-state index contributed by atoms with van der Waals surface area (Å²) in [6, 6.07) is 15.0. The Kier molecular flexibility index (Phi) is 6.09. The first-order valence-electron chi connectivity index (χ1n) is 6.46. The first-order valence-corrected chi connectivity index (χ1v) is 8.34. The largest absolute Gasteiger partial charge is 0.348 e. The fraction of sp³-hybridized carbons (Fsp3) is 0.188. The maximum Gasteiger partial charge on any atom is 0.254 e. The van der Waals surface area contributed by atoms with Crippen LogP contribution in [0.1, 0.15) is 15.9 Å². The summed E-state index contributed by atoms with van der Waals surface area (Å²) in [5.74, 6) is -0.258. The van der Waals surface area contributed by atoms with E-state index in [0.29, 0.717) is 20.9 Å². The van der Waals surface area contributed by atoms with Gasteiger partial charge in [-0.05, 0) is 24.1 Å². The fourth-order valence-corrected chi connectivity index (χ4v) is 2.97. The number of rotatable bonds is 5. The van der Waals surface area contributed by atoms with Gasteiger partial charge in [0.15, 0.2) is 0 Å². The third-order valence-corrected chi connectivity index (χ3v) is 4.45. The van der Waals surface area contributed by atoms with Gasteiger partial charge in [0, 0.05) is 11.4 Å². The van der Waals surface area contributed by atoms with Crippen molar-refractivity contribution in [3.8, 4) is 0 Å². The maximum absolute atomic E-state index is 12.3.